The second-order valence-electron chi connectivity index (χ2n) is 3.85. The Hall–Kier alpha value is -1.64. The van der Waals surface area contributed by atoms with Crippen molar-refractivity contribution in [1.29, 1.82) is 0 Å². The Kier molecular flexibility index (Phi) is 6.86. The van der Waals surface area contributed by atoms with Crippen molar-refractivity contribution in [3.8, 4) is 11.8 Å². The highest BCUT2D eigenvalue weighted by molar-refractivity contribution is 7.84. The van der Waals surface area contributed by atoms with Crippen molar-refractivity contribution in [2.24, 2.45) is 0 Å². The Labute approximate surface area is 115 Å². The van der Waals surface area contributed by atoms with Crippen molar-refractivity contribution >= 4 is 16.7 Å². The van der Waals surface area contributed by atoms with Crippen LogP contribution >= 0.6 is 0 Å². The molecule has 1 rings (SSSR count). The summed E-state index contributed by atoms with van der Waals surface area (Å²) >= 11 is 0. The van der Waals surface area contributed by atoms with Crippen molar-refractivity contribution in [1.82, 2.24) is 5.32 Å². The van der Waals surface area contributed by atoms with Gasteiger partial charge in [-0.15, -0.1) is 0 Å². The lowest BCUT2D eigenvalue weighted by Gasteiger charge is -2.05. The first-order valence-electron chi connectivity index (χ1n) is 5.92. The maximum atomic E-state index is 12.0. The van der Waals surface area contributed by atoms with Crippen LogP contribution in [0.5, 0.6) is 0 Å². The molecule has 4 nitrogen and oxygen atoms in total. The quantitative estimate of drug-likeness (QED) is 0.773. The topological polar surface area (TPSA) is 66.4 Å². The van der Waals surface area contributed by atoms with Crippen molar-refractivity contribution in [3.63, 3.8) is 0 Å². The average molecular weight is 279 g/mol. The summed E-state index contributed by atoms with van der Waals surface area (Å²) in [5.41, 5.74) is 1.13. The minimum Gasteiger partial charge on any atom is -0.395 e. The number of hydrogen-bond acceptors (Lipinski definition) is 3. The second kappa shape index (κ2) is 8.46. The molecule has 0 bridgehead atoms. The number of hydrogen-bond donors (Lipinski definition) is 2. The third kappa shape index (κ3) is 5.69. The first-order valence-corrected chi connectivity index (χ1v) is 7.65. The molecular formula is C14H17NO3S. The average Bonchev–Trinajstić information content (AvgIpc) is 2.39. The Morgan fingerprint density at radius 2 is 2.16 bits per heavy atom. The number of nitrogens with one attached hydrogen (secondary N) is 1. The van der Waals surface area contributed by atoms with Gasteiger partial charge in [0.05, 0.1) is 12.2 Å². The summed E-state index contributed by atoms with van der Waals surface area (Å²) in [5, 5.41) is 11.4. The van der Waals surface area contributed by atoms with E-state index in [4.69, 9.17) is 5.11 Å². The highest BCUT2D eigenvalue weighted by atomic mass is 32.2. The molecule has 1 atom stereocenters. The summed E-state index contributed by atoms with van der Waals surface area (Å²) in [7, 11) is -0.920. The Morgan fingerprint density at radius 3 is 2.84 bits per heavy atom. The van der Waals surface area contributed by atoms with Crippen LogP contribution in [-0.4, -0.2) is 40.4 Å². The zero-order valence-corrected chi connectivity index (χ0v) is 11.6. The van der Waals surface area contributed by atoms with Gasteiger partial charge in [-0.05, 0) is 12.1 Å². The fraction of sp³-hybridized carbons (Fsp3) is 0.357. The van der Waals surface area contributed by atoms with Crippen LogP contribution < -0.4 is 5.32 Å². The van der Waals surface area contributed by atoms with Gasteiger partial charge in [0, 0.05) is 41.3 Å². The molecule has 5 heteroatoms. The van der Waals surface area contributed by atoms with Gasteiger partial charge in [-0.2, -0.15) is 0 Å². The molecule has 0 aliphatic heterocycles. The number of carbonyl (C=O) groups is 1. The van der Waals surface area contributed by atoms with Gasteiger partial charge in [0.15, 0.2) is 0 Å². The Bertz CT molecular complexity index is 517. The molecule has 1 amide bonds. The zero-order valence-electron chi connectivity index (χ0n) is 10.8. The molecule has 2 N–H and O–H groups in total. The monoisotopic (exact) mass is 279 g/mol. The van der Waals surface area contributed by atoms with Crippen molar-refractivity contribution in [2.45, 2.75) is 6.42 Å². The number of aliphatic hydroxyl groups excluding tert-OH is 1. The number of rotatable bonds is 5. The molecule has 0 fully saturated rings. The van der Waals surface area contributed by atoms with Crippen LogP contribution in [0.15, 0.2) is 24.3 Å². The first kappa shape index (κ1) is 15.4. The van der Waals surface area contributed by atoms with Gasteiger partial charge in [-0.25, -0.2) is 0 Å². The molecule has 1 unspecified atom stereocenters. The van der Waals surface area contributed by atoms with Crippen LogP contribution in [-0.2, 0) is 10.8 Å². The number of benzene rings is 1. The minimum atomic E-state index is -0.920. The molecule has 0 aliphatic rings. The van der Waals surface area contributed by atoms with Crippen molar-refractivity contribution in [2.75, 3.05) is 25.2 Å². The third-order valence-electron chi connectivity index (χ3n) is 2.31. The van der Waals surface area contributed by atoms with Crippen LogP contribution in [0, 0.1) is 11.8 Å². The van der Waals surface area contributed by atoms with Gasteiger partial charge >= 0.3 is 0 Å². The van der Waals surface area contributed by atoms with E-state index in [2.05, 4.69) is 17.2 Å². The normalized spacial score (nSPS) is 11.3. The number of amides is 1. The molecule has 0 heterocycles. The zero-order chi connectivity index (χ0) is 14.1. The summed E-state index contributed by atoms with van der Waals surface area (Å²) in [6.45, 7) is 0.379. The summed E-state index contributed by atoms with van der Waals surface area (Å²) < 4.78 is 10.9. The van der Waals surface area contributed by atoms with E-state index < -0.39 is 10.8 Å². The third-order valence-corrected chi connectivity index (χ3v) is 3.09. The Balaban J connectivity index is 2.74. The van der Waals surface area contributed by atoms with Gasteiger partial charge in [0.25, 0.3) is 5.91 Å². The molecule has 102 valence electrons. The van der Waals surface area contributed by atoms with Gasteiger partial charge in [0.1, 0.15) is 0 Å². The highest BCUT2D eigenvalue weighted by Crippen LogP contribution is 2.07. The molecule has 0 radical (unpaired) electrons. The predicted octanol–water partition coefficient (Wildman–Crippen LogP) is 0.529. The molecule has 0 aliphatic carbocycles. The van der Waals surface area contributed by atoms with Crippen LogP contribution in [0.1, 0.15) is 22.3 Å². The van der Waals surface area contributed by atoms with E-state index in [1.165, 1.54) is 0 Å². The number of aliphatic hydroxyl groups is 1. The van der Waals surface area contributed by atoms with Gasteiger partial charge in [-0.3, -0.25) is 9.00 Å². The Morgan fingerprint density at radius 1 is 1.42 bits per heavy atom. The van der Waals surface area contributed by atoms with Crippen LogP contribution in [0.4, 0.5) is 0 Å². The van der Waals surface area contributed by atoms with E-state index in [0.717, 1.165) is 0 Å². The molecular weight excluding hydrogens is 262 g/mol. The van der Waals surface area contributed by atoms with Crippen molar-refractivity contribution in [3.05, 3.63) is 35.4 Å². The fourth-order valence-corrected chi connectivity index (χ4v) is 1.80. The van der Waals surface area contributed by atoms with E-state index in [9.17, 15) is 9.00 Å². The highest BCUT2D eigenvalue weighted by Gasteiger charge is 2.08. The summed E-state index contributed by atoms with van der Waals surface area (Å²) in [6, 6.07) is 7.03. The largest absolute Gasteiger partial charge is 0.395 e. The minimum absolute atomic E-state index is 0.00365. The van der Waals surface area contributed by atoms with Crippen LogP contribution in [0.2, 0.25) is 0 Å². The molecule has 1 aromatic rings. The van der Waals surface area contributed by atoms with Gasteiger partial charge in [0.2, 0.25) is 0 Å². The SMILES string of the molecule is CS(=O)CCNC(=O)c1ccccc1C#CCCO. The molecule has 0 saturated heterocycles. The maximum Gasteiger partial charge on any atom is 0.252 e. The molecule has 19 heavy (non-hydrogen) atoms. The lowest BCUT2D eigenvalue weighted by atomic mass is 10.1. The van der Waals surface area contributed by atoms with Crippen LogP contribution in [0.3, 0.4) is 0 Å². The van der Waals surface area contributed by atoms with Crippen molar-refractivity contribution < 1.29 is 14.1 Å². The lowest BCUT2D eigenvalue weighted by Crippen LogP contribution is -2.28. The lowest BCUT2D eigenvalue weighted by molar-refractivity contribution is 0.0956. The second-order valence-corrected chi connectivity index (χ2v) is 5.41. The smallest absolute Gasteiger partial charge is 0.252 e. The summed E-state index contributed by atoms with van der Waals surface area (Å²) in [4.78, 5) is 12.0. The van der Waals surface area contributed by atoms with Crippen LogP contribution in [0.25, 0.3) is 0 Å². The van der Waals surface area contributed by atoms with E-state index in [-0.39, 0.29) is 12.5 Å². The predicted molar refractivity (Wildman–Crippen MR) is 76.3 cm³/mol. The fourth-order valence-electron chi connectivity index (χ4n) is 1.41. The standard InChI is InChI=1S/C14H17NO3S/c1-19(18)11-9-15-14(17)13-8-3-2-6-12(13)7-4-5-10-16/h2-3,6,8,16H,5,9-11H2,1H3,(H,15,17). The van der Waals surface area contributed by atoms with E-state index in [0.29, 0.717) is 29.8 Å². The number of carbonyl (C=O) groups excluding carboxylic acids is 1. The first-order chi connectivity index (χ1) is 9.15. The van der Waals surface area contributed by atoms with E-state index in [1.807, 2.05) is 0 Å². The molecule has 0 saturated carbocycles. The van der Waals surface area contributed by atoms with Gasteiger partial charge in [-0.1, -0.05) is 24.0 Å². The summed E-state index contributed by atoms with van der Waals surface area (Å²) in [6.07, 6.45) is 1.98. The molecule has 0 aromatic heterocycles. The van der Waals surface area contributed by atoms with E-state index >= 15 is 0 Å². The molecule has 1 aromatic carbocycles. The summed E-state index contributed by atoms with van der Waals surface area (Å²) in [5.74, 6) is 5.87. The molecule has 0 spiro atoms. The van der Waals surface area contributed by atoms with E-state index in [1.54, 1.807) is 30.5 Å². The maximum absolute atomic E-state index is 12.0. The van der Waals surface area contributed by atoms with Gasteiger partial charge < -0.3 is 10.4 Å².